The number of alkyl halides is 3. The average molecular weight is 558 g/mol. The molecule has 2 saturated heterocycles. The molecule has 0 unspecified atom stereocenters. The number of carbonyl (C=O) groups is 1. The van der Waals surface area contributed by atoms with Gasteiger partial charge in [0, 0.05) is 51.1 Å². The minimum atomic E-state index is -4.69. The van der Waals surface area contributed by atoms with E-state index in [1.165, 1.54) is 24.3 Å². The van der Waals surface area contributed by atoms with E-state index in [1.54, 1.807) is 4.90 Å². The molecule has 12 heteroatoms. The van der Waals surface area contributed by atoms with E-state index in [0.717, 1.165) is 35.6 Å². The predicted molar refractivity (Wildman–Crippen MR) is 132 cm³/mol. The summed E-state index contributed by atoms with van der Waals surface area (Å²) >= 11 is 0. The lowest BCUT2D eigenvalue weighted by atomic mass is 9.78. The molecule has 2 aromatic carbocycles. The van der Waals surface area contributed by atoms with Gasteiger partial charge >= 0.3 is 6.18 Å². The minimum Gasteiger partial charge on any atom is -0.493 e. The minimum absolute atomic E-state index is 0.00722. The summed E-state index contributed by atoms with van der Waals surface area (Å²) in [4.78, 5) is 16.7. The number of hydrogen-bond acceptors (Lipinski definition) is 5. The Hall–Kier alpha value is -2.70. The van der Waals surface area contributed by atoms with Gasteiger partial charge in [0.2, 0.25) is 15.9 Å². The Balaban J connectivity index is 1.59. The van der Waals surface area contributed by atoms with E-state index in [9.17, 15) is 30.8 Å². The predicted octanol–water partition coefficient (Wildman–Crippen LogP) is 3.86. The Kier molecular flexibility index (Phi) is 8.34. The number of carbonyl (C=O) groups excluding carboxylic acids is 1. The zero-order valence-electron chi connectivity index (χ0n) is 21.1. The highest BCUT2D eigenvalue weighted by Crippen LogP contribution is 2.38. The van der Waals surface area contributed by atoms with Crippen molar-refractivity contribution >= 4 is 15.9 Å². The molecule has 7 nitrogen and oxygen atoms in total. The second-order valence-electron chi connectivity index (χ2n) is 10.1. The monoisotopic (exact) mass is 557 g/mol. The standard InChI is InChI=1S/C26H31F4N3O4S/c1-31-12-14-32(15-13-31)24(34)17-25(19-37-22-8-6-21(27)7-9-22)10-3-11-33(18-25)38(35,36)23-5-2-4-20(16-23)26(28,29)30/h2,4-9,16H,3,10-15,17-19H2,1H3/t25-/m0/s1. The Labute approximate surface area is 220 Å². The smallest absolute Gasteiger partial charge is 0.416 e. The van der Waals surface area contributed by atoms with E-state index in [2.05, 4.69) is 4.90 Å². The summed E-state index contributed by atoms with van der Waals surface area (Å²) in [7, 11) is -2.31. The van der Waals surface area contributed by atoms with Gasteiger partial charge in [-0.2, -0.15) is 17.5 Å². The molecule has 4 rings (SSSR count). The second kappa shape index (κ2) is 11.2. The summed E-state index contributed by atoms with van der Waals surface area (Å²) < 4.78 is 87.1. The topological polar surface area (TPSA) is 70.2 Å². The number of piperidine rings is 1. The molecule has 2 aliphatic rings. The van der Waals surface area contributed by atoms with Crippen LogP contribution < -0.4 is 4.74 Å². The van der Waals surface area contributed by atoms with Crippen LogP contribution >= 0.6 is 0 Å². The number of amides is 1. The zero-order valence-corrected chi connectivity index (χ0v) is 21.9. The molecule has 2 aliphatic heterocycles. The fraction of sp³-hybridized carbons (Fsp3) is 0.500. The van der Waals surface area contributed by atoms with Crippen LogP contribution in [0, 0.1) is 11.2 Å². The Morgan fingerprint density at radius 2 is 1.71 bits per heavy atom. The van der Waals surface area contributed by atoms with E-state index >= 15 is 0 Å². The van der Waals surface area contributed by atoms with Gasteiger partial charge in [-0.1, -0.05) is 6.07 Å². The van der Waals surface area contributed by atoms with Crippen molar-refractivity contribution in [2.24, 2.45) is 5.41 Å². The first-order valence-corrected chi connectivity index (χ1v) is 13.8. The summed E-state index contributed by atoms with van der Waals surface area (Å²) in [6.45, 7) is 2.56. The van der Waals surface area contributed by atoms with Gasteiger partial charge in [-0.25, -0.2) is 12.8 Å². The molecule has 38 heavy (non-hydrogen) atoms. The van der Waals surface area contributed by atoms with Crippen LogP contribution in [-0.4, -0.2) is 81.4 Å². The van der Waals surface area contributed by atoms with Crippen LogP contribution in [0.4, 0.5) is 17.6 Å². The van der Waals surface area contributed by atoms with Crippen molar-refractivity contribution in [3.63, 3.8) is 0 Å². The van der Waals surface area contributed by atoms with Gasteiger partial charge < -0.3 is 14.5 Å². The summed E-state index contributed by atoms with van der Waals surface area (Å²) in [6.07, 6.45) is -3.77. The lowest BCUT2D eigenvalue weighted by molar-refractivity contribution is -0.138. The van der Waals surface area contributed by atoms with Crippen molar-refractivity contribution in [2.75, 3.05) is 52.9 Å². The van der Waals surface area contributed by atoms with Crippen LogP contribution in [0.5, 0.6) is 5.75 Å². The Morgan fingerprint density at radius 1 is 1.03 bits per heavy atom. The molecule has 0 spiro atoms. The number of piperazine rings is 1. The maximum absolute atomic E-state index is 13.5. The van der Waals surface area contributed by atoms with Gasteiger partial charge in [0.1, 0.15) is 11.6 Å². The highest BCUT2D eigenvalue weighted by atomic mass is 32.2. The van der Waals surface area contributed by atoms with Crippen LogP contribution in [0.3, 0.4) is 0 Å². The highest BCUT2D eigenvalue weighted by molar-refractivity contribution is 7.89. The number of benzene rings is 2. The van der Waals surface area contributed by atoms with Crippen molar-refractivity contribution < 1.29 is 35.5 Å². The van der Waals surface area contributed by atoms with Crippen LogP contribution in [0.15, 0.2) is 53.4 Å². The van der Waals surface area contributed by atoms with Crippen molar-refractivity contribution in [3.8, 4) is 5.75 Å². The first kappa shape index (κ1) is 28.3. The summed E-state index contributed by atoms with van der Waals surface area (Å²) in [5, 5.41) is 0. The van der Waals surface area contributed by atoms with Gasteiger partial charge in [-0.15, -0.1) is 0 Å². The number of hydrogen-bond donors (Lipinski definition) is 0. The molecule has 208 valence electrons. The maximum atomic E-state index is 13.5. The average Bonchev–Trinajstić information content (AvgIpc) is 2.88. The van der Waals surface area contributed by atoms with Crippen molar-refractivity contribution in [3.05, 3.63) is 59.9 Å². The van der Waals surface area contributed by atoms with Crippen molar-refractivity contribution in [2.45, 2.75) is 30.3 Å². The van der Waals surface area contributed by atoms with Crippen LogP contribution in [0.1, 0.15) is 24.8 Å². The lowest BCUT2D eigenvalue weighted by Gasteiger charge is -2.43. The molecule has 1 amide bonds. The van der Waals surface area contributed by atoms with E-state index in [4.69, 9.17) is 4.74 Å². The number of halogens is 4. The highest BCUT2D eigenvalue weighted by Gasteiger charge is 2.43. The number of ether oxygens (including phenoxy) is 1. The third-order valence-electron chi connectivity index (χ3n) is 7.17. The molecule has 0 aliphatic carbocycles. The molecular formula is C26H31F4N3O4S. The largest absolute Gasteiger partial charge is 0.493 e. The zero-order chi connectivity index (χ0) is 27.6. The van der Waals surface area contributed by atoms with Gasteiger partial charge in [0.15, 0.2) is 0 Å². The molecule has 2 heterocycles. The van der Waals surface area contributed by atoms with Gasteiger partial charge in [-0.05, 0) is 62.4 Å². The van der Waals surface area contributed by atoms with E-state index in [-0.39, 0.29) is 32.0 Å². The number of nitrogens with zero attached hydrogens (tertiary/aromatic N) is 3. The third-order valence-corrected chi connectivity index (χ3v) is 9.01. The molecule has 0 N–H and O–H groups in total. The fourth-order valence-electron chi connectivity index (χ4n) is 4.92. The van der Waals surface area contributed by atoms with E-state index in [0.29, 0.717) is 37.7 Å². The quantitative estimate of drug-likeness (QED) is 0.484. The van der Waals surface area contributed by atoms with E-state index < -0.39 is 37.9 Å². The van der Waals surface area contributed by atoms with Crippen LogP contribution in [0.2, 0.25) is 0 Å². The molecule has 1 atom stereocenters. The molecular weight excluding hydrogens is 526 g/mol. The first-order valence-electron chi connectivity index (χ1n) is 12.4. The molecule has 2 aromatic rings. The van der Waals surface area contributed by atoms with Gasteiger partial charge in [0.25, 0.3) is 0 Å². The Morgan fingerprint density at radius 3 is 2.37 bits per heavy atom. The molecule has 0 radical (unpaired) electrons. The van der Waals surface area contributed by atoms with Crippen molar-refractivity contribution in [1.29, 1.82) is 0 Å². The van der Waals surface area contributed by atoms with Gasteiger partial charge in [-0.3, -0.25) is 4.79 Å². The summed E-state index contributed by atoms with van der Waals surface area (Å²) in [5.41, 5.74) is -1.96. The lowest BCUT2D eigenvalue weighted by Crippen LogP contribution is -2.53. The number of sulfonamides is 1. The summed E-state index contributed by atoms with van der Waals surface area (Å²) in [5.74, 6) is -0.192. The normalized spacial score (nSPS) is 21.9. The molecule has 0 saturated carbocycles. The number of rotatable bonds is 7. The SMILES string of the molecule is CN1CCN(C(=O)C[C@@]2(COc3ccc(F)cc3)CCCN(S(=O)(=O)c3cccc(C(F)(F)F)c3)C2)CC1. The Bertz CT molecular complexity index is 1230. The molecule has 0 bridgehead atoms. The summed E-state index contributed by atoms with van der Waals surface area (Å²) in [6, 6.07) is 9.05. The second-order valence-corrected chi connectivity index (χ2v) is 12.0. The molecule has 0 aromatic heterocycles. The van der Waals surface area contributed by atoms with Crippen LogP contribution in [0.25, 0.3) is 0 Å². The number of likely N-dealkylation sites (N-methyl/N-ethyl adjacent to an activating group) is 1. The van der Waals surface area contributed by atoms with Crippen molar-refractivity contribution in [1.82, 2.24) is 14.1 Å². The maximum Gasteiger partial charge on any atom is 0.416 e. The first-order chi connectivity index (χ1) is 17.9. The third kappa shape index (κ3) is 6.65. The van der Waals surface area contributed by atoms with Crippen LogP contribution in [-0.2, 0) is 21.0 Å². The van der Waals surface area contributed by atoms with Gasteiger partial charge in [0.05, 0.1) is 17.1 Å². The molecule has 2 fully saturated rings. The fourth-order valence-corrected chi connectivity index (χ4v) is 6.56. The van der Waals surface area contributed by atoms with E-state index in [1.807, 2.05) is 7.05 Å².